The lowest BCUT2D eigenvalue weighted by Crippen LogP contribution is -2.45. The minimum atomic E-state index is -0.921. The molecule has 1 saturated carbocycles. The molecule has 0 bridgehead atoms. The molecule has 3 rings (SSSR count). The van der Waals surface area contributed by atoms with E-state index in [4.69, 9.17) is 4.74 Å². The second-order valence-electron chi connectivity index (χ2n) is 7.20. The van der Waals surface area contributed by atoms with Crippen LogP contribution in [0.15, 0.2) is 18.2 Å². The fraction of sp³-hybridized carbons (Fsp3) is 0.600. The van der Waals surface area contributed by atoms with Crippen LogP contribution in [0.25, 0.3) is 0 Å². The number of benzene rings is 1. The minimum absolute atomic E-state index is 0.232. The Kier molecular flexibility index (Phi) is 5.42. The molecule has 0 radical (unpaired) electrons. The standard InChI is InChI=1S/C20H27NO4/c1-2-25-12-10-20(8-3-4-9-20)19(24)21-11-7-15-5-6-16(18(22)23)13-17(15)14-21/h5-6,13H,2-4,7-12,14H2,1H3,(H,22,23). The summed E-state index contributed by atoms with van der Waals surface area (Å²) in [6.45, 7) is 4.53. The second-order valence-corrected chi connectivity index (χ2v) is 7.20. The predicted molar refractivity (Wildman–Crippen MR) is 94.5 cm³/mol. The van der Waals surface area contributed by atoms with Crippen LogP contribution < -0.4 is 0 Å². The van der Waals surface area contributed by atoms with Gasteiger partial charge in [0.1, 0.15) is 0 Å². The Morgan fingerprint density at radius 2 is 2.00 bits per heavy atom. The summed E-state index contributed by atoms with van der Waals surface area (Å²) in [6.07, 6.45) is 5.67. The molecule has 1 aliphatic heterocycles. The predicted octanol–water partition coefficient (Wildman–Crippen LogP) is 3.26. The van der Waals surface area contributed by atoms with Crippen molar-refractivity contribution in [2.24, 2.45) is 5.41 Å². The molecule has 136 valence electrons. The number of amides is 1. The van der Waals surface area contributed by atoms with Gasteiger partial charge in [0.15, 0.2) is 0 Å². The zero-order valence-electron chi connectivity index (χ0n) is 14.9. The van der Waals surface area contributed by atoms with Crippen molar-refractivity contribution >= 4 is 11.9 Å². The number of hydrogen-bond donors (Lipinski definition) is 1. The number of carboxylic acid groups (broad SMARTS) is 1. The van der Waals surface area contributed by atoms with Crippen molar-refractivity contribution in [3.63, 3.8) is 0 Å². The van der Waals surface area contributed by atoms with Crippen LogP contribution >= 0.6 is 0 Å². The number of aromatic carboxylic acids is 1. The smallest absolute Gasteiger partial charge is 0.335 e. The number of carbonyl (C=O) groups excluding carboxylic acids is 1. The van der Waals surface area contributed by atoms with E-state index < -0.39 is 5.97 Å². The zero-order chi connectivity index (χ0) is 17.9. The first kappa shape index (κ1) is 17.9. The summed E-state index contributed by atoms with van der Waals surface area (Å²) in [5.74, 6) is -0.689. The van der Waals surface area contributed by atoms with Gasteiger partial charge in [-0.25, -0.2) is 4.79 Å². The number of hydrogen-bond acceptors (Lipinski definition) is 3. The van der Waals surface area contributed by atoms with Crippen molar-refractivity contribution in [3.8, 4) is 0 Å². The molecule has 1 fully saturated rings. The molecule has 1 amide bonds. The van der Waals surface area contributed by atoms with Gasteiger partial charge >= 0.3 is 5.97 Å². The normalized spacial score (nSPS) is 18.8. The highest BCUT2D eigenvalue weighted by atomic mass is 16.5. The summed E-state index contributed by atoms with van der Waals surface area (Å²) in [5, 5.41) is 9.20. The average Bonchev–Trinajstić information content (AvgIpc) is 3.10. The van der Waals surface area contributed by atoms with Crippen molar-refractivity contribution in [1.82, 2.24) is 4.90 Å². The Labute approximate surface area is 149 Å². The van der Waals surface area contributed by atoms with Crippen molar-refractivity contribution in [3.05, 3.63) is 34.9 Å². The minimum Gasteiger partial charge on any atom is -0.478 e. The van der Waals surface area contributed by atoms with E-state index in [-0.39, 0.29) is 11.3 Å². The van der Waals surface area contributed by atoms with Crippen LogP contribution in [-0.2, 0) is 22.5 Å². The summed E-state index contributed by atoms with van der Waals surface area (Å²) in [6, 6.07) is 5.26. The van der Waals surface area contributed by atoms with Gasteiger partial charge in [-0.05, 0) is 55.9 Å². The maximum Gasteiger partial charge on any atom is 0.335 e. The number of carbonyl (C=O) groups is 2. The van der Waals surface area contributed by atoms with Crippen LogP contribution in [0.5, 0.6) is 0 Å². The Balaban J connectivity index is 1.76. The van der Waals surface area contributed by atoms with E-state index in [2.05, 4.69) is 0 Å². The summed E-state index contributed by atoms with van der Waals surface area (Å²) in [7, 11) is 0. The van der Waals surface area contributed by atoms with E-state index in [1.807, 2.05) is 17.9 Å². The van der Waals surface area contributed by atoms with Crippen LogP contribution in [-0.4, -0.2) is 41.6 Å². The second kappa shape index (κ2) is 7.56. The lowest BCUT2D eigenvalue weighted by molar-refractivity contribution is -0.144. The molecule has 1 heterocycles. The summed E-state index contributed by atoms with van der Waals surface area (Å²) in [4.78, 5) is 26.4. The quantitative estimate of drug-likeness (QED) is 0.804. The molecule has 0 saturated heterocycles. The van der Waals surface area contributed by atoms with E-state index in [0.29, 0.717) is 31.9 Å². The van der Waals surface area contributed by atoms with Gasteiger partial charge < -0.3 is 14.7 Å². The van der Waals surface area contributed by atoms with E-state index in [9.17, 15) is 14.7 Å². The van der Waals surface area contributed by atoms with Crippen LogP contribution in [0.4, 0.5) is 0 Å². The number of nitrogens with zero attached hydrogens (tertiary/aromatic N) is 1. The SMILES string of the molecule is CCOCCC1(C(=O)N2CCc3ccc(C(=O)O)cc3C2)CCCC1. The number of ether oxygens (including phenoxy) is 1. The number of rotatable bonds is 6. The van der Waals surface area contributed by atoms with Gasteiger partial charge in [-0.2, -0.15) is 0 Å². The largest absolute Gasteiger partial charge is 0.478 e. The van der Waals surface area contributed by atoms with Crippen molar-refractivity contribution < 1.29 is 19.4 Å². The third-order valence-electron chi connectivity index (χ3n) is 5.70. The van der Waals surface area contributed by atoms with Gasteiger partial charge in [0.25, 0.3) is 0 Å². The molecule has 0 spiro atoms. The first-order valence-electron chi connectivity index (χ1n) is 9.28. The molecule has 0 aromatic heterocycles. The summed E-state index contributed by atoms with van der Waals surface area (Å²) >= 11 is 0. The molecule has 1 aromatic rings. The summed E-state index contributed by atoms with van der Waals surface area (Å²) in [5.41, 5.74) is 2.14. The molecular weight excluding hydrogens is 318 g/mol. The highest BCUT2D eigenvalue weighted by Crippen LogP contribution is 2.43. The maximum atomic E-state index is 13.3. The summed E-state index contributed by atoms with van der Waals surface area (Å²) < 4.78 is 5.52. The van der Waals surface area contributed by atoms with Gasteiger partial charge in [-0.3, -0.25) is 4.79 Å². The van der Waals surface area contributed by atoms with Gasteiger partial charge in [-0.15, -0.1) is 0 Å². The average molecular weight is 345 g/mol. The van der Waals surface area contributed by atoms with E-state index in [1.54, 1.807) is 12.1 Å². The van der Waals surface area contributed by atoms with Crippen LogP contribution in [0, 0.1) is 5.41 Å². The third kappa shape index (κ3) is 3.71. The maximum absolute atomic E-state index is 13.3. The third-order valence-corrected chi connectivity index (χ3v) is 5.70. The molecule has 0 atom stereocenters. The first-order chi connectivity index (χ1) is 12.1. The molecule has 5 nitrogen and oxygen atoms in total. The Bertz CT molecular complexity index is 649. The Morgan fingerprint density at radius 1 is 1.24 bits per heavy atom. The fourth-order valence-corrected chi connectivity index (χ4v) is 4.23. The highest BCUT2D eigenvalue weighted by molar-refractivity contribution is 5.88. The molecule has 2 aliphatic rings. The van der Waals surface area contributed by atoms with Gasteiger partial charge in [0.05, 0.1) is 11.0 Å². The van der Waals surface area contributed by atoms with E-state index in [0.717, 1.165) is 49.7 Å². The van der Waals surface area contributed by atoms with E-state index in [1.165, 1.54) is 0 Å². The van der Waals surface area contributed by atoms with Crippen molar-refractivity contribution in [2.75, 3.05) is 19.8 Å². The fourth-order valence-electron chi connectivity index (χ4n) is 4.23. The van der Waals surface area contributed by atoms with Crippen LogP contribution in [0.3, 0.4) is 0 Å². The van der Waals surface area contributed by atoms with Crippen molar-refractivity contribution in [2.45, 2.75) is 52.0 Å². The van der Waals surface area contributed by atoms with Crippen LogP contribution in [0.1, 0.15) is 60.5 Å². The number of carboxylic acids is 1. The molecule has 1 aromatic carbocycles. The molecular formula is C20H27NO4. The monoisotopic (exact) mass is 345 g/mol. The molecule has 5 heteroatoms. The Hall–Kier alpha value is -1.88. The molecule has 25 heavy (non-hydrogen) atoms. The van der Waals surface area contributed by atoms with Gasteiger partial charge in [0.2, 0.25) is 5.91 Å². The topological polar surface area (TPSA) is 66.8 Å². The lowest BCUT2D eigenvalue weighted by Gasteiger charge is -2.37. The van der Waals surface area contributed by atoms with Gasteiger partial charge in [0, 0.05) is 26.3 Å². The van der Waals surface area contributed by atoms with Crippen LogP contribution in [0.2, 0.25) is 0 Å². The van der Waals surface area contributed by atoms with E-state index >= 15 is 0 Å². The molecule has 0 unspecified atom stereocenters. The lowest BCUT2D eigenvalue weighted by atomic mass is 9.80. The first-order valence-corrected chi connectivity index (χ1v) is 9.28. The van der Waals surface area contributed by atoms with Crippen molar-refractivity contribution in [1.29, 1.82) is 0 Å². The number of fused-ring (bicyclic) bond motifs is 1. The zero-order valence-corrected chi connectivity index (χ0v) is 14.9. The van der Waals surface area contributed by atoms with Gasteiger partial charge in [-0.1, -0.05) is 18.9 Å². The molecule has 1 aliphatic carbocycles. The molecule has 1 N–H and O–H groups in total. The highest BCUT2D eigenvalue weighted by Gasteiger charge is 2.43. The Morgan fingerprint density at radius 3 is 2.68 bits per heavy atom.